The average Bonchev–Trinajstić information content (AvgIpc) is 2.80. The zero-order chi connectivity index (χ0) is 20.8. The van der Waals surface area contributed by atoms with Gasteiger partial charge in [0.05, 0.1) is 0 Å². The minimum absolute atomic E-state index is 0.240. The molecule has 4 rings (SSSR count). The van der Waals surface area contributed by atoms with Crippen molar-refractivity contribution in [3.05, 3.63) is 126 Å². The van der Waals surface area contributed by atoms with Gasteiger partial charge in [-0.05, 0) is 0 Å². The summed E-state index contributed by atoms with van der Waals surface area (Å²) in [5.74, 6) is 1.79. The molecule has 0 nitrogen and oxygen atoms in total. The van der Waals surface area contributed by atoms with E-state index in [4.69, 9.17) is 0 Å². The van der Waals surface area contributed by atoms with Crippen molar-refractivity contribution < 1.29 is 28.0 Å². The maximum atomic E-state index is 14.1. The van der Waals surface area contributed by atoms with Crippen LogP contribution in [0.3, 0.4) is 0 Å². The van der Waals surface area contributed by atoms with Crippen LogP contribution in [0.15, 0.2) is 109 Å². The predicted octanol–water partition coefficient (Wildman–Crippen LogP) is 5.00. The van der Waals surface area contributed by atoms with Crippen LogP contribution < -0.4 is 15.9 Å². The Kier molecular flexibility index (Phi) is 6.58. The van der Waals surface area contributed by atoms with Gasteiger partial charge in [0.1, 0.15) is 0 Å². The first-order valence-electron chi connectivity index (χ1n) is 9.40. The van der Waals surface area contributed by atoms with Crippen molar-refractivity contribution in [3.8, 4) is 10.1 Å². The van der Waals surface area contributed by atoms with Gasteiger partial charge in [-0.15, -0.1) is 0 Å². The summed E-state index contributed by atoms with van der Waals surface area (Å²) in [5.41, 5.74) is 0.240. The number of hydrogen-bond donors (Lipinski definition) is 0. The van der Waals surface area contributed by atoms with E-state index in [1.165, 1.54) is 28.0 Å². The number of benzene rings is 4. The van der Waals surface area contributed by atoms with E-state index in [1.807, 2.05) is 18.2 Å². The van der Waals surface area contributed by atoms with Gasteiger partial charge in [-0.25, -0.2) is 0 Å². The van der Waals surface area contributed by atoms with Crippen LogP contribution in [0.2, 0.25) is 0 Å². The Labute approximate surface area is 185 Å². The molecule has 0 saturated heterocycles. The van der Waals surface area contributed by atoms with Gasteiger partial charge in [0.25, 0.3) is 0 Å². The number of halogens is 2. The molecule has 4 aromatic carbocycles. The molecule has 0 radical (unpaired) electrons. The Morgan fingerprint density at radius 3 is 1.50 bits per heavy atom. The summed E-state index contributed by atoms with van der Waals surface area (Å²) in [5, 5.41) is 1.49. The number of rotatable bonds is 4. The van der Waals surface area contributed by atoms with E-state index in [0.717, 1.165) is 6.07 Å². The van der Waals surface area contributed by atoms with Crippen molar-refractivity contribution in [2.45, 2.75) is 0 Å². The van der Waals surface area contributed by atoms with E-state index in [1.54, 1.807) is 0 Å². The molecule has 0 unspecified atom stereocenters. The van der Waals surface area contributed by atoms with E-state index in [0.29, 0.717) is 0 Å². The normalized spacial score (nSPS) is 11.5. The van der Waals surface area contributed by atoms with Crippen LogP contribution in [0.1, 0.15) is 5.56 Å². The van der Waals surface area contributed by atoms with Gasteiger partial charge >= 0.3 is 186 Å². The third-order valence-electron chi connectivity index (χ3n) is 4.70. The van der Waals surface area contributed by atoms with E-state index in [9.17, 15) is 8.78 Å². The minimum atomic E-state index is -2.38. The number of hydrogen-bond acceptors (Lipinski definition) is 0. The van der Waals surface area contributed by atoms with Crippen molar-refractivity contribution in [2.75, 3.05) is 0 Å². The van der Waals surface area contributed by atoms with Crippen LogP contribution in [-0.2, 0) is 19.2 Å². The molecule has 0 bridgehead atoms. The van der Waals surface area contributed by atoms with Gasteiger partial charge in [0.15, 0.2) is 0 Å². The van der Waals surface area contributed by atoms with Crippen molar-refractivity contribution in [3.63, 3.8) is 0 Å². The molecule has 30 heavy (non-hydrogen) atoms. The first-order chi connectivity index (χ1) is 14.7. The molecule has 0 spiro atoms. The summed E-state index contributed by atoms with van der Waals surface area (Å²) in [6, 6.07) is 35.1. The predicted molar refractivity (Wildman–Crippen MR) is 120 cm³/mol. The Hall–Kier alpha value is -2.53. The summed E-state index contributed by atoms with van der Waals surface area (Å²) in [7, 11) is 0. The van der Waals surface area contributed by atoms with Crippen LogP contribution in [0, 0.1) is 21.7 Å². The SMILES string of the molecule is Fc1ccc(C#[C][Au][PH](c2ccccc2)(c2ccccc2)c2ccccc2)c(F)c1. The van der Waals surface area contributed by atoms with Crippen LogP contribution in [0.5, 0.6) is 0 Å². The van der Waals surface area contributed by atoms with Gasteiger partial charge in [0, 0.05) is 0 Å². The summed E-state index contributed by atoms with van der Waals surface area (Å²) < 4.78 is 30.7. The van der Waals surface area contributed by atoms with Crippen LogP contribution in [-0.4, -0.2) is 0 Å². The molecule has 0 N–H and O–H groups in total. The monoisotopic (exact) mass is 597 g/mol. The van der Waals surface area contributed by atoms with E-state index in [-0.39, 0.29) is 5.56 Å². The van der Waals surface area contributed by atoms with Crippen molar-refractivity contribution in [1.29, 1.82) is 0 Å². The van der Waals surface area contributed by atoms with Gasteiger partial charge in [-0.2, -0.15) is 0 Å². The molecule has 0 aromatic heterocycles. The summed E-state index contributed by atoms with van der Waals surface area (Å²) in [4.78, 5) is 0. The topological polar surface area (TPSA) is 0 Å². The van der Waals surface area contributed by atoms with Gasteiger partial charge in [0.2, 0.25) is 0 Å². The van der Waals surface area contributed by atoms with Crippen LogP contribution >= 0.6 is 5.15 Å². The molecule has 0 heterocycles. The molecule has 0 aliphatic carbocycles. The van der Waals surface area contributed by atoms with Crippen molar-refractivity contribution in [1.82, 2.24) is 0 Å². The van der Waals surface area contributed by atoms with Gasteiger partial charge in [-0.1, -0.05) is 0 Å². The fourth-order valence-electron chi connectivity index (χ4n) is 3.30. The molecule has 0 fully saturated rings. The molecule has 0 aliphatic rings. The Morgan fingerprint density at radius 2 is 1.07 bits per heavy atom. The quantitative estimate of drug-likeness (QED) is 0.177. The standard InChI is InChI=1S/C18H15P.C8H3F2.Au/c1-4-10-16(11-5-1)19(17-12-6-2-7-13-17)18-14-8-3-9-15-18;1-2-6-3-4-7(9)5-8(6)10;/h1-15H;3-5H;/q;;-1/p+1. The second-order valence-electron chi connectivity index (χ2n) is 6.60. The Morgan fingerprint density at radius 1 is 0.600 bits per heavy atom. The summed E-state index contributed by atoms with van der Waals surface area (Å²) in [6.07, 6.45) is 0. The fourth-order valence-corrected chi connectivity index (χ4v) is 14.6. The van der Waals surface area contributed by atoms with Crippen LogP contribution in [0.25, 0.3) is 0 Å². The molecule has 0 saturated carbocycles. The molecular formula is C26H19AuF2P. The third kappa shape index (κ3) is 4.31. The average molecular weight is 597 g/mol. The first kappa shape index (κ1) is 20.7. The summed E-state index contributed by atoms with van der Waals surface area (Å²) in [6.45, 7) is 0. The molecule has 0 atom stereocenters. The third-order valence-corrected chi connectivity index (χ3v) is 17.4. The second-order valence-corrected chi connectivity index (χ2v) is 16.7. The van der Waals surface area contributed by atoms with Gasteiger partial charge in [-0.3, -0.25) is 0 Å². The first-order valence-corrected chi connectivity index (χ1v) is 15.5. The molecule has 153 valence electrons. The van der Waals surface area contributed by atoms with E-state index in [2.05, 4.69) is 82.9 Å². The van der Waals surface area contributed by atoms with Crippen molar-refractivity contribution >= 4 is 21.1 Å². The fraction of sp³-hybridized carbons (Fsp3) is 0. The molecule has 0 aliphatic heterocycles. The van der Waals surface area contributed by atoms with E-state index < -0.39 is 36.0 Å². The van der Waals surface area contributed by atoms with Gasteiger partial charge < -0.3 is 0 Å². The zero-order valence-electron chi connectivity index (χ0n) is 15.9. The molecule has 0 amide bonds. The zero-order valence-corrected chi connectivity index (χ0v) is 19.1. The summed E-state index contributed by atoms with van der Waals surface area (Å²) >= 11 is -0.544. The van der Waals surface area contributed by atoms with Crippen LogP contribution in [0.4, 0.5) is 8.78 Å². The van der Waals surface area contributed by atoms with Crippen molar-refractivity contribution in [2.24, 2.45) is 0 Å². The molecular weight excluding hydrogens is 578 g/mol. The Bertz CT molecular complexity index is 1090. The molecule has 4 aromatic rings. The van der Waals surface area contributed by atoms with E-state index >= 15 is 0 Å². The molecule has 4 heteroatoms. The maximum absolute atomic E-state index is 14.1. The Balaban J connectivity index is 1.89. The second kappa shape index (κ2) is 9.52.